The fraction of sp³-hybridized carbons (Fsp3) is 0.333. The van der Waals surface area contributed by atoms with Gasteiger partial charge in [-0.05, 0) is 43.5 Å². The summed E-state index contributed by atoms with van der Waals surface area (Å²) in [6.07, 6.45) is 0.636. The zero-order valence-electron chi connectivity index (χ0n) is 12.8. The lowest BCUT2D eigenvalue weighted by Crippen LogP contribution is -2.31. The van der Waals surface area contributed by atoms with Gasteiger partial charge < -0.3 is 10.5 Å². The van der Waals surface area contributed by atoms with E-state index < -0.39 is 0 Å². The molecule has 2 N–H and O–H groups in total. The summed E-state index contributed by atoms with van der Waals surface area (Å²) in [5.41, 5.74) is 9.65. The highest BCUT2D eigenvalue weighted by Crippen LogP contribution is 2.31. The number of benzene rings is 2. The molecule has 0 fully saturated rings. The fourth-order valence-corrected chi connectivity index (χ4v) is 2.58. The van der Waals surface area contributed by atoms with Crippen LogP contribution in [0.5, 0.6) is 5.75 Å². The van der Waals surface area contributed by atoms with Crippen molar-refractivity contribution in [3.8, 4) is 5.75 Å². The lowest BCUT2D eigenvalue weighted by atomic mass is 9.99. The number of hydrogen-bond acceptors (Lipinski definition) is 2. The molecule has 112 valence electrons. The van der Waals surface area contributed by atoms with Gasteiger partial charge in [-0.25, -0.2) is 0 Å². The Bertz CT molecular complexity index is 612. The van der Waals surface area contributed by atoms with Crippen molar-refractivity contribution in [1.82, 2.24) is 0 Å². The van der Waals surface area contributed by atoms with E-state index in [4.69, 9.17) is 22.1 Å². The molecule has 0 saturated carbocycles. The second-order valence-electron chi connectivity index (χ2n) is 5.46. The molecule has 21 heavy (non-hydrogen) atoms. The Balaban J connectivity index is 2.33. The van der Waals surface area contributed by atoms with Crippen LogP contribution in [0.4, 0.5) is 0 Å². The van der Waals surface area contributed by atoms with Crippen LogP contribution in [0, 0.1) is 13.8 Å². The van der Waals surface area contributed by atoms with Crippen LogP contribution in [0.25, 0.3) is 0 Å². The van der Waals surface area contributed by atoms with Crippen LogP contribution in [-0.4, -0.2) is 6.04 Å². The molecular formula is C18H22ClNO. The van der Waals surface area contributed by atoms with E-state index >= 15 is 0 Å². The van der Waals surface area contributed by atoms with E-state index in [1.165, 1.54) is 5.56 Å². The molecule has 2 aromatic carbocycles. The molecule has 2 unspecified atom stereocenters. The summed E-state index contributed by atoms with van der Waals surface area (Å²) < 4.78 is 6.14. The van der Waals surface area contributed by atoms with E-state index in [9.17, 15) is 0 Å². The van der Waals surface area contributed by atoms with Crippen molar-refractivity contribution in [3.63, 3.8) is 0 Å². The van der Waals surface area contributed by atoms with Crippen molar-refractivity contribution >= 4 is 11.6 Å². The second-order valence-corrected chi connectivity index (χ2v) is 5.87. The fourth-order valence-electron chi connectivity index (χ4n) is 2.30. The number of ether oxygens (including phenoxy) is 1. The average Bonchev–Trinajstić information content (AvgIpc) is 2.45. The van der Waals surface area contributed by atoms with Gasteiger partial charge in [0, 0.05) is 6.04 Å². The molecule has 3 heteroatoms. The Morgan fingerprint density at radius 3 is 2.43 bits per heavy atom. The summed E-state index contributed by atoms with van der Waals surface area (Å²) in [6, 6.07) is 14.0. The molecule has 0 aliphatic rings. The first-order valence-electron chi connectivity index (χ1n) is 7.26. The van der Waals surface area contributed by atoms with Gasteiger partial charge in [0.25, 0.3) is 0 Å². The van der Waals surface area contributed by atoms with Crippen molar-refractivity contribution in [3.05, 3.63) is 64.2 Å². The van der Waals surface area contributed by atoms with Gasteiger partial charge >= 0.3 is 0 Å². The van der Waals surface area contributed by atoms with Crippen LogP contribution in [0.1, 0.15) is 36.1 Å². The minimum atomic E-state index is -0.199. The molecule has 0 radical (unpaired) electrons. The minimum absolute atomic E-state index is 0.0795. The first-order valence-corrected chi connectivity index (χ1v) is 7.64. The second kappa shape index (κ2) is 6.97. The summed E-state index contributed by atoms with van der Waals surface area (Å²) in [7, 11) is 0. The van der Waals surface area contributed by atoms with Crippen molar-refractivity contribution in [2.45, 2.75) is 39.3 Å². The van der Waals surface area contributed by atoms with Gasteiger partial charge in [0.1, 0.15) is 11.9 Å². The van der Waals surface area contributed by atoms with Gasteiger partial charge in [0.15, 0.2) is 0 Å². The predicted octanol–water partition coefficient (Wildman–Crippen LogP) is 4.81. The third kappa shape index (κ3) is 3.99. The largest absolute Gasteiger partial charge is 0.483 e. The monoisotopic (exact) mass is 303 g/mol. The molecule has 2 nitrogen and oxygen atoms in total. The average molecular weight is 304 g/mol. The van der Waals surface area contributed by atoms with E-state index in [1.807, 2.05) is 31.2 Å². The number of halogens is 1. The van der Waals surface area contributed by atoms with Gasteiger partial charge in [0.2, 0.25) is 0 Å². The molecule has 0 saturated heterocycles. The van der Waals surface area contributed by atoms with E-state index in [0.717, 1.165) is 17.5 Å². The Kier molecular flexibility index (Phi) is 5.27. The molecular weight excluding hydrogens is 282 g/mol. The van der Waals surface area contributed by atoms with Gasteiger partial charge in [-0.15, -0.1) is 0 Å². The van der Waals surface area contributed by atoms with Crippen molar-refractivity contribution in [2.24, 2.45) is 5.73 Å². The molecule has 0 aliphatic carbocycles. The van der Waals surface area contributed by atoms with E-state index in [0.29, 0.717) is 10.8 Å². The minimum Gasteiger partial charge on any atom is -0.483 e. The predicted molar refractivity (Wildman–Crippen MR) is 89.0 cm³/mol. The molecule has 2 atom stereocenters. The normalized spacial score (nSPS) is 13.8. The number of rotatable bonds is 5. The third-order valence-corrected chi connectivity index (χ3v) is 3.87. The van der Waals surface area contributed by atoms with Gasteiger partial charge in [-0.2, -0.15) is 0 Å². The number of hydrogen-bond donors (Lipinski definition) is 1. The lowest BCUT2D eigenvalue weighted by molar-refractivity contribution is 0.171. The third-order valence-electron chi connectivity index (χ3n) is 3.57. The number of aryl methyl sites for hydroxylation is 2. The van der Waals surface area contributed by atoms with Crippen molar-refractivity contribution in [2.75, 3.05) is 0 Å². The Morgan fingerprint density at radius 1 is 1.10 bits per heavy atom. The summed E-state index contributed by atoms with van der Waals surface area (Å²) in [6.45, 7) is 6.13. The summed E-state index contributed by atoms with van der Waals surface area (Å²) in [5, 5.41) is 0.621. The van der Waals surface area contributed by atoms with Crippen molar-refractivity contribution < 1.29 is 4.74 Å². The van der Waals surface area contributed by atoms with Crippen LogP contribution in [-0.2, 0) is 0 Å². The molecule has 0 aromatic heterocycles. The van der Waals surface area contributed by atoms with E-state index in [1.54, 1.807) is 0 Å². The van der Waals surface area contributed by atoms with E-state index in [-0.39, 0.29) is 12.1 Å². The molecule has 0 bridgehead atoms. The van der Waals surface area contributed by atoms with Gasteiger partial charge in [-0.3, -0.25) is 0 Å². The Morgan fingerprint density at radius 2 is 1.81 bits per heavy atom. The maximum atomic E-state index is 6.27. The SMILES string of the molecule is CCC(N)C(Oc1ccc(C)cc1Cl)c1cccc(C)c1. The lowest BCUT2D eigenvalue weighted by Gasteiger charge is -2.25. The zero-order valence-corrected chi connectivity index (χ0v) is 13.5. The summed E-state index contributed by atoms with van der Waals surface area (Å²) in [4.78, 5) is 0. The highest BCUT2D eigenvalue weighted by molar-refractivity contribution is 6.32. The molecule has 2 aromatic rings. The first kappa shape index (κ1) is 15.9. The maximum absolute atomic E-state index is 6.27. The van der Waals surface area contributed by atoms with Crippen LogP contribution >= 0.6 is 11.6 Å². The van der Waals surface area contributed by atoms with Crippen LogP contribution in [0.2, 0.25) is 5.02 Å². The zero-order chi connectivity index (χ0) is 15.4. The summed E-state index contributed by atoms with van der Waals surface area (Å²) in [5.74, 6) is 0.678. The van der Waals surface area contributed by atoms with Gasteiger partial charge in [-0.1, -0.05) is 54.4 Å². The molecule has 0 amide bonds. The first-order chi connectivity index (χ1) is 10.0. The smallest absolute Gasteiger partial charge is 0.139 e. The number of nitrogens with two attached hydrogens (primary N) is 1. The maximum Gasteiger partial charge on any atom is 0.139 e. The topological polar surface area (TPSA) is 35.2 Å². The van der Waals surface area contributed by atoms with Crippen LogP contribution in [0.15, 0.2) is 42.5 Å². The van der Waals surface area contributed by atoms with Gasteiger partial charge in [0.05, 0.1) is 5.02 Å². The molecule has 2 rings (SSSR count). The van der Waals surface area contributed by atoms with Crippen LogP contribution < -0.4 is 10.5 Å². The standard InChI is InChI=1S/C18H22ClNO/c1-4-16(20)18(14-7-5-6-12(2)10-14)21-17-9-8-13(3)11-15(17)19/h5-11,16,18H,4,20H2,1-3H3. The summed E-state index contributed by atoms with van der Waals surface area (Å²) >= 11 is 6.27. The molecule has 0 aliphatic heterocycles. The quantitative estimate of drug-likeness (QED) is 0.860. The highest BCUT2D eigenvalue weighted by Gasteiger charge is 2.21. The Labute approximate surface area is 131 Å². The highest BCUT2D eigenvalue weighted by atomic mass is 35.5. The molecule has 0 spiro atoms. The van der Waals surface area contributed by atoms with E-state index in [2.05, 4.69) is 32.0 Å². The van der Waals surface area contributed by atoms with Crippen molar-refractivity contribution in [1.29, 1.82) is 0 Å². The van der Waals surface area contributed by atoms with Crippen LogP contribution in [0.3, 0.4) is 0 Å². The molecule has 0 heterocycles. The Hall–Kier alpha value is -1.51.